The summed E-state index contributed by atoms with van der Waals surface area (Å²) in [5.41, 5.74) is 4.87. The van der Waals surface area contributed by atoms with E-state index in [4.69, 9.17) is 9.47 Å². The Morgan fingerprint density at radius 2 is 1.54 bits per heavy atom. The first-order valence-corrected chi connectivity index (χ1v) is 13.7. The van der Waals surface area contributed by atoms with Crippen LogP contribution in [0.1, 0.15) is 33.9 Å². The summed E-state index contributed by atoms with van der Waals surface area (Å²) >= 11 is 0. The minimum Gasteiger partial charge on any atom is -0.376 e. The van der Waals surface area contributed by atoms with Crippen molar-refractivity contribution in [2.45, 2.75) is 31.8 Å². The van der Waals surface area contributed by atoms with Gasteiger partial charge in [-0.25, -0.2) is 15.0 Å². The Morgan fingerprint density at radius 1 is 0.878 bits per heavy atom. The summed E-state index contributed by atoms with van der Waals surface area (Å²) in [6.07, 6.45) is 3.75. The minimum atomic E-state index is -0.254. The van der Waals surface area contributed by atoms with Gasteiger partial charge in [-0.15, -0.1) is 0 Å². The first kappa shape index (κ1) is 26.6. The molecule has 3 atom stereocenters. The number of amides is 1. The first-order chi connectivity index (χ1) is 20.2. The van der Waals surface area contributed by atoms with E-state index in [1.165, 1.54) is 6.33 Å². The Labute approximate surface area is 238 Å². The van der Waals surface area contributed by atoms with Crippen LogP contribution in [-0.2, 0) is 22.7 Å². The fourth-order valence-electron chi connectivity index (χ4n) is 5.35. The van der Waals surface area contributed by atoms with Gasteiger partial charge in [-0.2, -0.15) is 0 Å². The average Bonchev–Trinajstić information content (AvgIpc) is 3.58. The standard InChI is InChI=1S/C33H31N5O3/c1-23-28(38-22-36-29-31(34-21-35-32(29)38)37-33(39)26-15-9-4-10-16-26)17-27(20-40-18-24-11-5-2-6-12-24)30(23)41-19-25-13-7-3-8-14-25/h2-16,21-22,27-28,30H,1,17-20H2,(H,34,35,37,39)/t27-,28-,30+/m1/s1. The maximum atomic E-state index is 12.8. The molecule has 1 fully saturated rings. The van der Waals surface area contributed by atoms with Gasteiger partial charge in [0.1, 0.15) is 6.33 Å². The summed E-state index contributed by atoms with van der Waals surface area (Å²) in [4.78, 5) is 26.2. The van der Waals surface area contributed by atoms with E-state index < -0.39 is 0 Å². The molecule has 206 valence electrons. The van der Waals surface area contributed by atoms with E-state index in [-0.39, 0.29) is 24.0 Å². The highest BCUT2D eigenvalue weighted by atomic mass is 16.5. The van der Waals surface area contributed by atoms with E-state index in [1.54, 1.807) is 18.5 Å². The maximum Gasteiger partial charge on any atom is 0.256 e. The lowest BCUT2D eigenvalue weighted by molar-refractivity contribution is -0.00364. The van der Waals surface area contributed by atoms with Crippen LogP contribution in [-0.4, -0.2) is 38.1 Å². The smallest absolute Gasteiger partial charge is 0.256 e. The lowest BCUT2D eigenvalue weighted by Gasteiger charge is -2.21. The summed E-state index contributed by atoms with van der Waals surface area (Å²) in [5.74, 6) is 0.206. The molecular weight excluding hydrogens is 514 g/mol. The van der Waals surface area contributed by atoms with Crippen molar-refractivity contribution < 1.29 is 14.3 Å². The van der Waals surface area contributed by atoms with E-state index in [2.05, 4.69) is 51.1 Å². The summed E-state index contributed by atoms with van der Waals surface area (Å²) in [6.45, 7) is 6.02. The highest BCUT2D eigenvalue weighted by molar-refractivity contribution is 6.06. The number of nitrogens with zero attached hydrogens (tertiary/aromatic N) is 4. The van der Waals surface area contributed by atoms with Gasteiger partial charge < -0.3 is 19.4 Å². The minimum absolute atomic E-state index is 0.0939. The molecule has 3 aromatic carbocycles. The number of nitrogens with one attached hydrogen (secondary N) is 1. The molecule has 1 aliphatic rings. The molecule has 1 saturated carbocycles. The Bertz CT molecular complexity index is 1620. The molecule has 41 heavy (non-hydrogen) atoms. The van der Waals surface area contributed by atoms with Crippen LogP contribution in [0.5, 0.6) is 0 Å². The number of aromatic nitrogens is 4. The molecule has 0 saturated heterocycles. The summed E-state index contributed by atoms with van der Waals surface area (Å²) < 4.78 is 14.7. The zero-order valence-electron chi connectivity index (χ0n) is 22.6. The van der Waals surface area contributed by atoms with Crippen molar-refractivity contribution >= 4 is 22.9 Å². The highest BCUT2D eigenvalue weighted by Crippen LogP contribution is 2.42. The quantitative estimate of drug-likeness (QED) is 0.217. The van der Waals surface area contributed by atoms with Gasteiger partial charge in [0, 0.05) is 11.5 Å². The van der Waals surface area contributed by atoms with Gasteiger partial charge in [0.25, 0.3) is 5.91 Å². The van der Waals surface area contributed by atoms with Gasteiger partial charge in [-0.1, -0.05) is 85.4 Å². The third kappa shape index (κ3) is 5.94. The number of hydrogen-bond donors (Lipinski definition) is 1. The monoisotopic (exact) mass is 545 g/mol. The fraction of sp³-hybridized carbons (Fsp3) is 0.212. The van der Waals surface area contributed by atoms with Gasteiger partial charge in [0.2, 0.25) is 0 Å². The van der Waals surface area contributed by atoms with Crippen molar-refractivity contribution in [1.29, 1.82) is 0 Å². The second-order valence-corrected chi connectivity index (χ2v) is 10.2. The molecule has 0 spiro atoms. The van der Waals surface area contributed by atoms with E-state index in [0.717, 1.165) is 23.1 Å². The SMILES string of the molecule is C=C1[C@H](n2cnc3c(NC(=O)c4ccccc4)ncnc32)C[C@H](COCc2ccccc2)[C@H]1OCc1ccccc1. The van der Waals surface area contributed by atoms with E-state index >= 15 is 0 Å². The highest BCUT2D eigenvalue weighted by Gasteiger charge is 2.40. The molecule has 0 radical (unpaired) electrons. The first-order valence-electron chi connectivity index (χ1n) is 13.7. The molecule has 1 aliphatic carbocycles. The largest absolute Gasteiger partial charge is 0.376 e. The Hall–Kier alpha value is -4.66. The molecule has 1 amide bonds. The Kier molecular flexibility index (Phi) is 7.93. The number of benzene rings is 3. The van der Waals surface area contributed by atoms with Crippen molar-refractivity contribution in [2.75, 3.05) is 11.9 Å². The zero-order valence-corrected chi connectivity index (χ0v) is 22.6. The van der Waals surface area contributed by atoms with Crippen molar-refractivity contribution in [2.24, 2.45) is 5.92 Å². The summed E-state index contributed by atoms with van der Waals surface area (Å²) in [7, 11) is 0. The normalized spacial score (nSPS) is 18.5. The van der Waals surface area contributed by atoms with Crippen LogP contribution in [0.4, 0.5) is 5.82 Å². The van der Waals surface area contributed by atoms with Crippen LogP contribution in [0.25, 0.3) is 11.2 Å². The lowest BCUT2D eigenvalue weighted by atomic mass is 10.1. The zero-order chi connectivity index (χ0) is 28.0. The molecule has 5 aromatic rings. The van der Waals surface area contributed by atoms with Crippen molar-refractivity contribution in [1.82, 2.24) is 19.5 Å². The Balaban J connectivity index is 1.22. The molecule has 0 bridgehead atoms. The second-order valence-electron chi connectivity index (χ2n) is 10.2. The molecule has 0 aliphatic heterocycles. The van der Waals surface area contributed by atoms with Crippen molar-refractivity contribution in [3.63, 3.8) is 0 Å². The average molecular weight is 546 g/mol. The van der Waals surface area contributed by atoms with E-state index in [0.29, 0.717) is 42.4 Å². The third-order valence-electron chi connectivity index (χ3n) is 7.43. The van der Waals surface area contributed by atoms with Crippen LogP contribution < -0.4 is 5.32 Å². The predicted octanol–water partition coefficient (Wildman–Crippen LogP) is 6.00. The third-order valence-corrected chi connectivity index (χ3v) is 7.43. The molecule has 8 nitrogen and oxygen atoms in total. The number of anilines is 1. The van der Waals surface area contributed by atoms with Gasteiger partial charge in [-0.3, -0.25) is 4.79 Å². The summed E-state index contributed by atoms with van der Waals surface area (Å²) in [5, 5.41) is 2.88. The van der Waals surface area contributed by atoms with Crippen LogP contribution >= 0.6 is 0 Å². The Morgan fingerprint density at radius 3 is 2.24 bits per heavy atom. The maximum absolute atomic E-state index is 12.8. The molecule has 2 aromatic heterocycles. The second kappa shape index (κ2) is 12.2. The molecule has 1 N–H and O–H groups in total. The lowest BCUT2D eigenvalue weighted by Crippen LogP contribution is -2.24. The predicted molar refractivity (Wildman–Crippen MR) is 157 cm³/mol. The van der Waals surface area contributed by atoms with E-state index in [1.807, 2.05) is 59.2 Å². The van der Waals surface area contributed by atoms with Gasteiger partial charge in [0.15, 0.2) is 17.0 Å². The number of carbonyl (C=O) groups excluding carboxylic acids is 1. The number of ether oxygens (including phenoxy) is 2. The van der Waals surface area contributed by atoms with Crippen LogP contribution in [0.15, 0.2) is 116 Å². The number of carbonyl (C=O) groups is 1. The molecule has 2 heterocycles. The number of rotatable bonds is 10. The topological polar surface area (TPSA) is 91.2 Å². The van der Waals surface area contributed by atoms with Crippen LogP contribution in [0.3, 0.4) is 0 Å². The number of hydrogen-bond acceptors (Lipinski definition) is 6. The molecule has 8 heteroatoms. The molecule has 6 rings (SSSR count). The van der Waals surface area contributed by atoms with E-state index in [9.17, 15) is 4.79 Å². The van der Waals surface area contributed by atoms with Gasteiger partial charge in [0.05, 0.1) is 38.3 Å². The summed E-state index contributed by atoms with van der Waals surface area (Å²) in [6, 6.07) is 29.2. The van der Waals surface area contributed by atoms with Crippen molar-refractivity contribution in [3.8, 4) is 0 Å². The van der Waals surface area contributed by atoms with Gasteiger partial charge in [-0.05, 0) is 35.3 Å². The van der Waals surface area contributed by atoms with Crippen LogP contribution in [0.2, 0.25) is 0 Å². The van der Waals surface area contributed by atoms with Gasteiger partial charge >= 0.3 is 0 Å². The molecular formula is C33H31N5O3. The van der Waals surface area contributed by atoms with Crippen LogP contribution in [0, 0.1) is 5.92 Å². The van der Waals surface area contributed by atoms with Crippen molar-refractivity contribution in [3.05, 3.63) is 132 Å². The number of imidazole rings is 1. The number of fused-ring (bicyclic) bond motifs is 1. The molecule has 0 unspecified atom stereocenters. The fourth-order valence-corrected chi connectivity index (χ4v) is 5.35.